The Morgan fingerprint density at radius 2 is 1.65 bits per heavy atom. The molecule has 5 aliphatic heterocycles. The summed E-state index contributed by atoms with van der Waals surface area (Å²) in [5.41, 5.74) is -3.49. The first-order chi connectivity index (χ1) is 38.3. The van der Waals surface area contributed by atoms with E-state index in [1.807, 2.05) is 0 Å². The standard InChI is InChI=1S/C59H68FN5O16/c1-26-13-11-14-27(2)57(74)62-44-36(22-61-65-19-12-15-33-23-63(25-39(33)65)46-38(60)21-35-45(55(46)78-10)64(34-16-17-34)24-37(50(35)70)58(75)76)51(71)41-42(52(44)72)49(69)31(6)54-43(41)56(73)59(8,81-54)79-20-18-40(77-9)28(3)53(80-32(7)66)30(5)48(68)29(4)47(26)67/h11,13-14,18,20-22,24,26,28-30,33-34,39-40,47-48,53,67-69H,12,15-17,19,23,25H2,1-10H3,(H,62,74)(H,75,76)/b13-11+,20-18+,27-14-,61-22+/t26-,28-,29-,30-,33?,39?,40+,47+,48-,53-,59+/m1/s1. The van der Waals surface area contributed by atoms with Gasteiger partial charge in [0.05, 0.1) is 77.1 Å². The molecule has 0 radical (unpaired) electrons. The maximum atomic E-state index is 16.6. The van der Waals surface area contributed by atoms with Crippen molar-refractivity contribution in [2.45, 2.75) is 123 Å². The zero-order valence-electron chi connectivity index (χ0n) is 46.8. The smallest absolute Gasteiger partial charge is 0.341 e. The Morgan fingerprint density at radius 1 is 0.938 bits per heavy atom. The number of hydrogen-bond acceptors (Lipinski definition) is 18. The SMILES string of the molecule is COc1c(N2CC3CCCN(/N=C/C4=C5NC(=O)/C(C)=C\C=C\[C@@H](C)[C@H](O)[C@@H](C)[C@@H](O)[C@@H](C)[C@H](OC(C)=O)[C@H](C)[C@@H](OC)/C=C/O[C@@]6(C)Oc7c(C)c(O)c(c(c7C6=O)C4=O)C5=O)C3C2)c(F)cc2c(=O)c(C(=O)O)cn(C3CC3)c12. The molecule has 5 bridgehead atoms. The van der Waals surface area contributed by atoms with Crippen LogP contribution in [0.3, 0.4) is 0 Å². The second-order valence-corrected chi connectivity index (χ2v) is 22.3. The lowest BCUT2D eigenvalue weighted by Gasteiger charge is -2.38. The van der Waals surface area contributed by atoms with Crippen LogP contribution in [0.4, 0.5) is 10.1 Å². The normalized spacial score (nSPS) is 30.7. The number of hydrazone groups is 1. The van der Waals surface area contributed by atoms with Crippen molar-refractivity contribution in [2.75, 3.05) is 38.8 Å². The fraction of sp³-hybridized carbons (Fsp3) is 0.492. The van der Waals surface area contributed by atoms with Crippen LogP contribution < -0.4 is 25.1 Å². The second-order valence-electron chi connectivity index (χ2n) is 22.3. The van der Waals surface area contributed by atoms with Gasteiger partial charge < -0.3 is 58.9 Å². The Hall–Kier alpha value is -7.69. The average molecular weight is 1120 g/mol. The molecule has 1 amide bonds. The van der Waals surface area contributed by atoms with E-state index >= 15 is 14.0 Å². The van der Waals surface area contributed by atoms with Crippen LogP contribution in [0.1, 0.15) is 127 Å². The molecule has 7 aliphatic rings. The van der Waals surface area contributed by atoms with Gasteiger partial charge in [-0.05, 0) is 51.7 Å². The Morgan fingerprint density at radius 3 is 2.31 bits per heavy atom. The number of rotatable bonds is 8. The quantitative estimate of drug-likeness (QED) is 0.126. The van der Waals surface area contributed by atoms with Crippen molar-refractivity contribution in [1.82, 2.24) is 14.9 Å². The minimum Gasteiger partial charge on any atom is -0.507 e. The van der Waals surface area contributed by atoms with Crippen molar-refractivity contribution in [3.05, 3.63) is 104 Å². The number of pyridine rings is 1. The Kier molecular flexibility index (Phi) is 16.0. The molecule has 81 heavy (non-hydrogen) atoms. The number of phenols is 1. The molecule has 1 saturated carbocycles. The molecule has 0 spiro atoms. The molecule has 6 heterocycles. The van der Waals surface area contributed by atoms with E-state index in [-0.39, 0.29) is 63.3 Å². The highest BCUT2D eigenvalue weighted by Crippen LogP contribution is 2.50. The monoisotopic (exact) mass is 1120 g/mol. The third-order valence-electron chi connectivity index (χ3n) is 17.0. The number of aliphatic hydroxyl groups is 2. The topological polar surface area (TPSA) is 282 Å². The van der Waals surface area contributed by atoms with Gasteiger partial charge in [-0.15, -0.1) is 0 Å². The van der Waals surface area contributed by atoms with Crippen LogP contribution in [-0.2, 0) is 23.8 Å². The molecule has 22 heteroatoms. The van der Waals surface area contributed by atoms with Crippen LogP contribution in [0, 0.1) is 42.3 Å². The van der Waals surface area contributed by atoms with Gasteiger partial charge >= 0.3 is 17.7 Å². The van der Waals surface area contributed by atoms with Gasteiger partial charge in [-0.3, -0.25) is 33.8 Å². The number of nitrogens with one attached hydrogen (secondary N) is 1. The van der Waals surface area contributed by atoms with Gasteiger partial charge in [-0.25, -0.2) is 9.18 Å². The van der Waals surface area contributed by atoms with Crippen LogP contribution in [0.15, 0.2) is 69.6 Å². The van der Waals surface area contributed by atoms with E-state index in [0.717, 1.165) is 31.4 Å². The van der Waals surface area contributed by atoms with Gasteiger partial charge in [0.25, 0.3) is 11.7 Å². The number of Topliss-reactive ketones (excluding diaryl/α,β-unsaturated/α-hetero) is 3. The highest BCUT2D eigenvalue weighted by molar-refractivity contribution is 6.38. The number of hydrogen-bond donors (Lipinski definition) is 5. The molecule has 1 aromatic heterocycles. The highest BCUT2D eigenvalue weighted by atomic mass is 19.1. The largest absolute Gasteiger partial charge is 0.507 e. The first-order valence-corrected chi connectivity index (χ1v) is 27.1. The predicted molar refractivity (Wildman–Crippen MR) is 292 cm³/mol. The van der Waals surface area contributed by atoms with E-state index < -0.39 is 140 Å². The number of carboxylic acids is 1. The number of ketones is 3. The molecule has 2 unspecified atom stereocenters. The van der Waals surface area contributed by atoms with Crippen molar-refractivity contribution >= 4 is 58.0 Å². The number of allylic oxidation sites excluding steroid dienone is 4. The van der Waals surface area contributed by atoms with Crippen LogP contribution in [0.25, 0.3) is 10.9 Å². The number of aromatic nitrogens is 1. The summed E-state index contributed by atoms with van der Waals surface area (Å²) in [7, 11) is 2.76. The molecule has 432 valence electrons. The van der Waals surface area contributed by atoms with E-state index in [1.54, 1.807) is 48.2 Å². The number of ether oxygens (including phenoxy) is 5. The number of benzene rings is 2. The van der Waals surface area contributed by atoms with E-state index in [1.165, 1.54) is 66.3 Å². The van der Waals surface area contributed by atoms with Gasteiger partial charge in [0, 0.05) is 93.6 Å². The van der Waals surface area contributed by atoms with E-state index in [0.29, 0.717) is 25.9 Å². The van der Waals surface area contributed by atoms with E-state index in [2.05, 4.69) is 5.32 Å². The second kappa shape index (κ2) is 22.3. The minimum atomic E-state index is -2.20. The van der Waals surface area contributed by atoms with Gasteiger partial charge in [0.1, 0.15) is 34.6 Å². The number of anilines is 1. The average Bonchev–Trinajstić information content (AvgIpc) is 4.04. The molecule has 21 nitrogen and oxygen atoms in total. The molecule has 3 fully saturated rings. The van der Waals surface area contributed by atoms with Gasteiger partial charge in [-0.2, -0.15) is 5.10 Å². The Balaban J connectivity index is 1.11. The molecule has 2 aliphatic carbocycles. The number of carbonyl (C=O) groups excluding carboxylic acids is 5. The van der Waals surface area contributed by atoms with E-state index in [9.17, 15) is 44.4 Å². The number of aliphatic hydroxyl groups excluding tert-OH is 2. The fourth-order valence-corrected chi connectivity index (χ4v) is 12.2. The number of halogens is 1. The molecule has 5 N–H and O–H groups in total. The lowest BCUT2D eigenvalue weighted by molar-refractivity contribution is -0.160. The molecular weight excluding hydrogens is 1050 g/mol. The summed E-state index contributed by atoms with van der Waals surface area (Å²) < 4.78 is 47.9. The molecule has 11 atom stereocenters. The Bertz CT molecular complexity index is 3380. The first kappa shape index (κ1) is 58.0. The molecule has 2 saturated heterocycles. The Labute approximate surface area is 466 Å². The van der Waals surface area contributed by atoms with Crippen LogP contribution >= 0.6 is 0 Å². The number of carbonyl (C=O) groups is 6. The number of methoxy groups -OCH3 is 2. The summed E-state index contributed by atoms with van der Waals surface area (Å²) in [5, 5.41) is 53.8. The number of nitrogens with zero attached hydrogens (tertiary/aromatic N) is 4. The number of aromatic hydroxyl groups is 1. The lowest BCUT2D eigenvalue weighted by atomic mass is 9.78. The molecule has 3 aromatic rings. The van der Waals surface area contributed by atoms with E-state index in [4.69, 9.17) is 28.8 Å². The van der Waals surface area contributed by atoms with Crippen LogP contribution in [-0.4, -0.2) is 142 Å². The number of piperidine rings is 1. The fourth-order valence-electron chi connectivity index (χ4n) is 12.2. The summed E-state index contributed by atoms with van der Waals surface area (Å²) in [4.78, 5) is 99.2. The number of aromatic carboxylic acids is 1. The predicted octanol–water partition coefficient (Wildman–Crippen LogP) is 6.08. The van der Waals surface area contributed by atoms with Gasteiger partial charge in [0.15, 0.2) is 17.3 Å². The minimum absolute atomic E-state index is 0.0430. The van der Waals surface area contributed by atoms with Crippen LogP contribution in [0.5, 0.6) is 17.2 Å². The third-order valence-corrected chi connectivity index (χ3v) is 17.0. The lowest BCUT2D eigenvalue weighted by Crippen LogP contribution is -2.46. The number of carboxylic acid groups (broad SMARTS) is 1. The van der Waals surface area contributed by atoms with Crippen molar-refractivity contribution in [3.8, 4) is 17.2 Å². The summed E-state index contributed by atoms with van der Waals surface area (Å²) >= 11 is 0. The van der Waals surface area contributed by atoms with Gasteiger partial charge in [0.2, 0.25) is 11.2 Å². The van der Waals surface area contributed by atoms with Gasteiger partial charge in [-0.1, -0.05) is 45.9 Å². The van der Waals surface area contributed by atoms with Crippen LogP contribution in [0.2, 0.25) is 0 Å². The molecule has 10 rings (SSSR count). The molecular formula is C59H68FN5O16. The zero-order chi connectivity index (χ0) is 58.8. The maximum Gasteiger partial charge on any atom is 0.341 e. The molecule has 2 aromatic carbocycles. The summed E-state index contributed by atoms with van der Waals surface area (Å²) in [6.45, 7) is 12.9. The number of phenolic OH excluding ortho intramolecular Hbond substituents is 1. The van der Waals surface area contributed by atoms with Crippen molar-refractivity contribution < 1.29 is 77.3 Å². The maximum absolute atomic E-state index is 16.6. The number of amides is 1. The van der Waals surface area contributed by atoms with Crippen molar-refractivity contribution in [2.24, 2.45) is 34.7 Å². The third kappa shape index (κ3) is 10.3. The summed E-state index contributed by atoms with van der Waals surface area (Å²) in [6, 6.07) is 0.498. The van der Waals surface area contributed by atoms with Crippen molar-refractivity contribution in [1.29, 1.82) is 0 Å². The number of fused-ring (bicyclic) bond motifs is 16. The zero-order valence-corrected chi connectivity index (χ0v) is 46.8. The number of esters is 1. The van der Waals surface area contributed by atoms with Crippen molar-refractivity contribution in [3.63, 3.8) is 0 Å². The highest BCUT2D eigenvalue weighted by Gasteiger charge is 2.53. The first-order valence-electron chi connectivity index (χ1n) is 27.1. The summed E-state index contributed by atoms with van der Waals surface area (Å²) in [5.74, 6) is -12.6. The summed E-state index contributed by atoms with van der Waals surface area (Å²) in [6.07, 6.45) is 8.09.